The van der Waals surface area contributed by atoms with Gasteiger partial charge < -0.3 is 0 Å². The van der Waals surface area contributed by atoms with Crippen molar-refractivity contribution in [3.05, 3.63) is 22.4 Å². The molecule has 5 nitrogen and oxygen atoms in total. The molecule has 0 radical (unpaired) electrons. The van der Waals surface area contributed by atoms with Gasteiger partial charge in [-0.1, -0.05) is 0 Å². The molecule has 2 rings (SSSR count). The highest BCUT2D eigenvalue weighted by molar-refractivity contribution is 9.10. The largest absolute Gasteiger partial charge is 0.303 e. The molecule has 94 valence electrons. The van der Waals surface area contributed by atoms with Crippen molar-refractivity contribution in [2.45, 2.75) is 13.3 Å². The molecule has 1 aliphatic rings. The van der Waals surface area contributed by atoms with Gasteiger partial charge in [-0.05, 0) is 35.3 Å². The van der Waals surface area contributed by atoms with Crippen molar-refractivity contribution in [1.82, 2.24) is 9.29 Å². The Hall–Kier alpha value is -0.660. The molecule has 0 atom stereocenters. The minimum Gasteiger partial charge on any atom is -0.258 e. The molecule has 1 aromatic rings. The fourth-order valence-corrected chi connectivity index (χ4v) is 3.64. The lowest BCUT2D eigenvalue weighted by molar-refractivity contribution is 0.437. The summed E-state index contributed by atoms with van der Waals surface area (Å²) < 4.78 is 27.9. The molecule has 7 heteroatoms. The highest BCUT2D eigenvalue weighted by atomic mass is 79.9. The lowest BCUT2D eigenvalue weighted by atomic mass is 10.3. The third-order valence-corrected chi connectivity index (χ3v) is 5.14. The van der Waals surface area contributed by atoms with E-state index in [4.69, 9.17) is 0 Å². The van der Waals surface area contributed by atoms with Crippen LogP contribution in [0.15, 0.2) is 16.7 Å². The van der Waals surface area contributed by atoms with Crippen LogP contribution in [-0.4, -0.2) is 37.8 Å². The van der Waals surface area contributed by atoms with E-state index >= 15 is 0 Å². The van der Waals surface area contributed by atoms with Crippen molar-refractivity contribution in [3.63, 3.8) is 0 Å². The van der Waals surface area contributed by atoms with Gasteiger partial charge in [-0.15, -0.1) is 0 Å². The standard InChI is InChI=1S/C10H14BrN3O2S/c1-8-10(6-9(11)7-12-8)14-5-3-4-13(2)17(14,15)16/h6-7H,3-5H2,1-2H3. The lowest BCUT2D eigenvalue weighted by Gasteiger charge is -2.34. The average Bonchev–Trinajstić information content (AvgIpc) is 2.26. The maximum atomic E-state index is 12.2. The van der Waals surface area contributed by atoms with E-state index in [0.717, 1.165) is 10.9 Å². The molecule has 1 saturated heterocycles. The van der Waals surface area contributed by atoms with Crippen LogP contribution >= 0.6 is 15.9 Å². The summed E-state index contributed by atoms with van der Waals surface area (Å²) in [5.74, 6) is 0. The number of aromatic nitrogens is 1. The van der Waals surface area contributed by atoms with E-state index in [-0.39, 0.29) is 0 Å². The number of aryl methyl sites for hydroxylation is 1. The van der Waals surface area contributed by atoms with Crippen molar-refractivity contribution < 1.29 is 8.42 Å². The fourth-order valence-electron chi connectivity index (χ4n) is 1.83. The monoisotopic (exact) mass is 319 g/mol. The molecule has 0 saturated carbocycles. The molecule has 0 aromatic carbocycles. The zero-order valence-corrected chi connectivity index (χ0v) is 12.1. The second kappa shape index (κ2) is 4.55. The first-order chi connectivity index (χ1) is 7.93. The fraction of sp³-hybridized carbons (Fsp3) is 0.500. The van der Waals surface area contributed by atoms with E-state index in [0.29, 0.717) is 24.5 Å². The van der Waals surface area contributed by atoms with Crippen LogP contribution in [0.25, 0.3) is 0 Å². The van der Waals surface area contributed by atoms with Gasteiger partial charge in [0.15, 0.2) is 0 Å². The highest BCUT2D eigenvalue weighted by Gasteiger charge is 2.32. The third-order valence-electron chi connectivity index (χ3n) is 2.80. The minimum atomic E-state index is -3.39. The molecule has 1 fully saturated rings. The Labute approximate surface area is 110 Å². The van der Waals surface area contributed by atoms with Gasteiger partial charge in [0.25, 0.3) is 0 Å². The molecular weight excluding hydrogens is 306 g/mol. The molecule has 1 aliphatic heterocycles. The summed E-state index contributed by atoms with van der Waals surface area (Å²) in [5.41, 5.74) is 1.36. The van der Waals surface area contributed by atoms with Crippen LogP contribution in [0, 0.1) is 6.92 Å². The van der Waals surface area contributed by atoms with Gasteiger partial charge in [0.1, 0.15) is 0 Å². The smallest absolute Gasteiger partial charge is 0.258 e. The van der Waals surface area contributed by atoms with Crippen LogP contribution in [0.3, 0.4) is 0 Å². The first-order valence-corrected chi connectivity index (χ1v) is 7.48. The number of hydrogen-bond donors (Lipinski definition) is 0. The topological polar surface area (TPSA) is 53.5 Å². The zero-order valence-electron chi connectivity index (χ0n) is 9.72. The summed E-state index contributed by atoms with van der Waals surface area (Å²) >= 11 is 3.32. The molecule has 2 heterocycles. The molecule has 1 aromatic heterocycles. The van der Waals surface area contributed by atoms with Gasteiger partial charge in [-0.3, -0.25) is 9.29 Å². The van der Waals surface area contributed by atoms with Crippen molar-refractivity contribution in [2.75, 3.05) is 24.4 Å². The van der Waals surface area contributed by atoms with Gasteiger partial charge >= 0.3 is 10.2 Å². The Bertz CT molecular complexity index is 532. The molecule has 0 spiro atoms. The van der Waals surface area contributed by atoms with E-state index in [1.54, 1.807) is 19.3 Å². The van der Waals surface area contributed by atoms with Gasteiger partial charge in [0.05, 0.1) is 11.4 Å². The Morgan fingerprint density at radius 2 is 2.12 bits per heavy atom. The summed E-state index contributed by atoms with van der Waals surface area (Å²) in [5, 5.41) is 0. The number of hydrogen-bond acceptors (Lipinski definition) is 3. The van der Waals surface area contributed by atoms with Crippen LogP contribution < -0.4 is 4.31 Å². The highest BCUT2D eigenvalue weighted by Crippen LogP contribution is 2.28. The van der Waals surface area contributed by atoms with E-state index in [1.165, 1.54) is 8.61 Å². The third kappa shape index (κ3) is 2.31. The summed E-state index contributed by atoms with van der Waals surface area (Å²) in [6.45, 7) is 2.89. The lowest BCUT2D eigenvalue weighted by Crippen LogP contribution is -2.48. The Morgan fingerprint density at radius 3 is 2.82 bits per heavy atom. The Kier molecular flexibility index (Phi) is 3.42. The quantitative estimate of drug-likeness (QED) is 0.789. The summed E-state index contributed by atoms with van der Waals surface area (Å²) in [6.07, 6.45) is 2.49. The second-order valence-electron chi connectivity index (χ2n) is 4.01. The van der Waals surface area contributed by atoms with E-state index in [9.17, 15) is 8.42 Å². The number of rotatable bonds is 1. The van der Waals surface area contributed by atoms with Crippen molar-refractivity contribution in [3.8, 4) is 0 Å². The number of anilines is 1. The van der Waals surface area contributed by atoms with Crippen LogP contribution in [0.1, 0.15) is 12.1 Å². The van der Waals surface area contributed by atoms with Gasteiger partial charge in [0.2, 0.25) is 0 Å². The molecule has 17 heavy (non-hydrogen) atoms. The Morgan fingerprint density at radius 1 is 1.41 bits per heavy atom. The maximum Gasteiger partial charge on any atom is 0.303 e. The molecular formula is C10H14BrN3O2S. The van der Waals surface area contributed by atoms with Crippen molar-refractivity contribution in [2.24, 2.45) is 0 Å². The van der Waals surface area contributed by atoms with Gasteiger partial charge in [-0.25, -0.2) is 0 Å². The number of halogens is 1. The predicted octanol–water partition coefficient (Wildman–Crippen LogP) is 1.54. The summed E-state index contributed by atoms with van der Waals surface area (Å²) in [4.78, 5) is 4.17. The molecule has 0 N–H and O–H groups in total. The Balaban J connectivity index is 2.49. The number of nitrogens with zero attached hydrogens (tertiary/aromatic N) is 3. The van der Waals surface area contributed by atoms with Crippen LogP contribution in [0.4, 0.5) is 5.69 Å². The van der Waals surface area contributed by atoms with Crippen LogP contribution in [0.5, 0.6) is 0 Å². The zero-order chi connectivity index (χ0) is 12.6. The second-order valence-corrected chi connectivity index (χ2v) is 6.89. The molecule has 0 amide bonds. The van der Waals surface area contributed by atoms with E-state index < -0.39 is 10.2 Å². The average molecular weight is 320 g/mol. The van der Waals surface area contributed by atoms with Crippen LogP contribution in [-0.2, 0) is 10.2 Å². The van der Waals surface area contributed by atoms with Gasteiger partial charge in [-0.2, -0.15) is 12.7 Å². The van der Waals surface area contributed by atoms with E-state index in [1.807, 2.05) is 6.92 Å². The minimum absolute atomic E-state index is 0.506. The SMILES string of the molecule is Cc1ncc(Br)cc1N1CCCN(C)S1(=O)=O. The number of pyridine rings is 1. The van der Waals surface area contributed by atoms with E-state index in [2.05, 4.69) is 20.9 Å². The first kappa shape index (κ1) is 12.8. The summed E-state index contributed by atoms with van der Waals surface area (Å²) in [7, 11) is -1.79. The molecule has 0 bridgehead atoms. The van der Waals surface area contributed by atoms with Crippen molar-refractivity contribution in [1.29, 1.82) is 0 Å². The predicted molar refractivity (Wildman–Crippen MR) is 70.2 cm³/mol. The molecule has 0 aliphatic carbocycles. The summed E-state index contributed by atoms with van der Waals surface area (Å²) in [6, 6.07) is 1.79. The maximum absolute atomic E-state index is 12.2. The van der Waals surface area contributed by atoms with Crippen LogP contribution in [0.2, 0.25) is 0 Å². The normalized spacial score (nSPS) is 20.5. The molecule has 0 unspecified atom stereocenters. The first-order valence-electron chi connectivity index (χ1n) is 5.29. The van der Waals surface area contributed by atoms with Crippen molar-refractivity contribution >= 4 is 31.8 Å². The van der Waals surface area contributed by atoms with Gasteiger partial charge in [0, 0.05) is 30.8 Å².